The van der Waals surface area contributed by atoms with E-state index in [4.69, 9.17) is 0 Å². The van der Waals surface area contributed by atoms with Gasteiger partial charge in [-0.2, -0.15) is 0 Å². The quantitative estimate of drug-likeness (QED) is 0.789. The van der Waals surface area contributed by atoms with Crippen molar-refractivity contribution in [3.63, 3.8) is 0 Å². The molecule has 1 aromatic rings. The molecule has 4 nitrogen and oxygen atoms in total. The molecule has 0 aromatic heterocycles. The molecule has 2 aliphatic heterocycles. The highest BCUT2D eigenvalue weighted by molar-refractivity contribution is 5.80. The van der Waals surface area contributed by atoms with E-state index in [9.17, 15) is 9.59 Å². The van der Waals surface area contributed by atoms with Crippen LogP contribution in [0.4, 0.5) is 0 Å². The van der Waals surface area contributed by atoms with E-state index in [1.807, 2.05) is 36.1 Å². The van der Waals surface area contributed by atoms with E-state index in [0.29, 0.717) is 19.3 Å². The maximum atomic E-state index is 13.2. The van der Waals surface area contributed by atoms with Crippen LogP contribution < -0.4 is 5.32 Å². The van der Waals surface area contributed by atoms with Gasteiger partial charge in [-0.1, -0.05) is 48.6 Å². The number of hydrogen-bond acceptors (Lipinski definition) is 2. The Kier molecular flexibility index (Phi) is 5.60. The van der Waals surface area contributed by atoms with Crippen molar-refractivity contribution in [3.05, 3.63) is 60.7 Å². The van der Waals surface area contributed by atoms with Crippen LogP contribution in [-0.2, 0) is 9.59 Å². The van der Waals surface area contributed by atoms with E-state index >= 15 is 0 Å². The lowest BCUT2D eigenvalue weighted by atomic mass is 9.91. The molecule has 1 aromatic carbocycles. The number of nitrogens with one attached hydrogen (secondary N) is 1. The summed E-state index contributed by atoms with van der Waals surface area (Å²) in [4.78, 5) is 26.8. The van der Waals surface area contributed by atoms with Gasteiger partial charge in [-0.25, -0.2) is 0 Å². The minimum Gasteiger partial charge on any atom is -0.351 e. The monoisotopic (exact) mass is 352 g/mol. The molecule has 4 heteroatoms. The van der Waals surface area contributed by atoms with Gasteiger partial charge in [0.15, 0.2) is 0 Å². The molecule has 1 unspecified atom stereocenters. The molecule has 2 amide bonds. The van der Waals surface area contributed by atoms with Gasteiger partial charge in [-0.15, -0.1) is 6.58 Å². The Labute approximate surface area is 156 Å². The first-order chi connectivity index (χ1) is 12.5. The Hall–Kier alpha value is -2.36. The molecule has 1 saturated heterocycles. The summed E-state index contributed by atoms with van der Waals surface area (Å²) in [6.45, 7) is 5.90. The van der Waals surface area contributed by atoms with Crippen molar-refractivity contribution in [1.82, 2.24) is 10.2 Å². The summed E-state index contributed by atoms with van der Waals surface area (Å²) in [5.41, 5.74) is 0.875. The smallest absolute Gasteiger partial charge is 0.223 e. The van der Waals surface area contributed by atoms with E-state index in [2.05, 4.69) is 36.2 Å². The summed E-state index contributed by atoms with van der Waals surface area (Å²) in [5.74, 6) is 0.241. The maximum Gasteiger partial charge on any atom is 0.223 e. The van der Waals surface area contributed by atoms with Crippen molar-refractivity contribution in [2.75, 3.05) is 0 Å². The van der Waals surface area contributed by atoms with Gasteiger partial charge in [-0.05, 0) is 38.2 Å². The van der Waals surface area contributed by atoms with E-state index in [1.165, 1.54) is 0 Å². The van der Waals surface area contributed by atoms with Gasteiger partial charge < -0.3 is 10.2 Å². The average Bonchev–Trinajstić information content (AvgIpc) is 3.00. The second-order valence-corrected chi connectivity index (χ2v) is 7.61. The Morgan fingerprint density at radius 2 is 2.15 bits per heavy atom. The molecule has 3 atom stereocenters. The van der Waals surface area contributed by atoms with E-state index in [0.717, 1.165) is 24.8 Å². The van der Waals surface area contributed by atoms with Gasteiger partial charge in [-0.3, -0.25) is 9.59 Å². The van der Waals surface area contributed by atoms with Gasteiger partial charge in [0, 0.05) is 24.4 Å². The van der Waals surface area contributed by atoms with Gasteiger partial charge in [0.05, 0.1) is 6.04 Å². The van der Waals surface area contributed by atoms with Crippen LogP contribution in [0.15, 0.2) is 55.1 Å². The third kappa shape index (κ3) is 4.06. The van der Waals surface area contributed by atoms with Crippen LogP contribution in [0.2, 0.25) is 0 Å². The standard InChI is InChI=1S/C22H28N2O2/c1-3-8-18-11-7-12-19(17-9-5-4-6-10-17)24(18)21(26)14-16-22(2)15-13-20(25)23-22/h3-7,9-10,12,18-19H,1,8,11,13-16H2,2H3,(H,23,25)/t18-,19+,22?/m1/s1. The van der Waals surface area contributed by atoms with Crippen molar-refractivity contribution in [3.8, 4) is 0 Å². The Morgan fingerprint density at radius 3 is 2.81 bits per heavy atom. The molecular formula is C22H28N2O2. The molecule has 1 fully saturated rings. The summed E-state index contributed by atoms with van der Waals surface area (Å²) in [6, 6.07) is 10.3. The van der Waals surface area contributed by atoms with Gasteiger partial charge >= 0.3 is 0 Å². The minimum atomic E-state index is -0.255. The van der Waals surface area contributed by atoms with Gasteiger partial charge in [0.2, 0.25) is 11.8 Å². The first-order valence-electron chi connectivity index (χ1n) is 9.47. The zero-order chi connectivity index (χ0) is 18.6. The predicted octanol–water partition coefficient (Wildman–Crippen LogP) is 3.91. The van der Waals surface area contributed by atoms with Crippen molar-refractivity contribution in [2.45, 2.75) is 63.1 Å². The zero-order valence-corrected chi connectivity index (χ0v) is 15.5. The highest BCUT2D eigenvalue weighted by atomic mass is 16.2. The molecule has 0 radical (unpaired) electrons. The number of hydrogen-bond donors (Lipinski definition) is 1. The topological polar surface area (TPSA) is 49.4 Å². The first-order valence-corrected chi connectivity index (χ1v) is 9.47. The Balaban J connectivity index is 1.77. The zero-order valence-electron chi connectivity index (χ0n) is 15.5. The normalized spacial score (nSPS) is 28.0. The van der Waals surface area contributed by atoms with E-state index in [1.54, 1.807) is 0 Å². The van der Waals surface area contributed by atoms with Crippen LogP contribution in [0, 0.1) is 0 Å². The molecule has 0 bridgehead atoms. The Bertz CT molecular complexity index is 697. The molecule has 26 heavy (non-hydrogen) atoms. The summed E-state index contributed by atoms with van der Waals surface area (Å²) in [6.07, 6.45) is 10.3. The third-order valence-corrected chi connectivity index (χ3v) is 5.52. The van der Waals surface area contributed by atoms with E-state index < -0.39 is 0 Å². The number of amides is 2. The fourth-order valence-electron chi connectivity index (χ4n) is 4.03. The lowest BCUT2D eigenvalue weighted by molar-refractivity contribution is -0.136. The fraction of sp³-hybridized carbons (Fsp3) is 0.455. The molecule has 0 saturated carbocycles. The van der Waals surface area contributed by atoms with Crippen LogP contribution >= 0.6 is 0 Å². The maximum absolute atomic E-state index is 13.2. The molecule has 1 N–H and O–H groups in total. The lowest BCUT2D eigenvalue weighted by Gasteiger charge is -2.40. The number of benzene rings is 1. The van der Waals surface area contributed by atoms with Crippen LogP contribution in [0.25, 0.3) is 0 Å². The first kappa shape index (κ1) is 18.4. The predicted molar refractivity (Wildman–Crippen MR) is 103 cm³/mol. The number of rotatable bonds is 6. The minimum absolute atomic E-state index is 0.0339. The van der Waals surface area contributed by atoms with Gasteiger partial charge in [0.1, 0.15) is 0 Å². The largest absolute Gasteiger partial charge is 0.351 e. The van der Waals surface area contributed by atoms with Crippen LogP contribution in [0.3, 0.4) is 0 Å². The number of nitrogens with zero attached hydrogens (tertiary/aromatic N) is 1. The van der Waals surface area contributed by atoms with Crippen LogP contribution in [-0.4, -0.2) is 28.3 Å². The third-order valence-electron chi connectivity index (χ3n) is 5.52. The highest BCUT2D eigenvalue weighted by Gasteiger charge is 2.36. The second-order valence-electron chi connectivity index (χ2n) is 7.61. The van der Waals surface area contributed by atoms with Crippen molar-refractivity contribution >= 4 is 11.8 Å². The summed E-state index contributed by atoms with van der Waals surface area (Å²) >= 11 is 0. The second kappa shape index (κ2) is 7.90. The van der Waals surface area contributed by atoms with Gasteiger partial charge in [0.25, 0.3) is 0 Å². The molecule has 3 rings (SSSR count). The molecule has 0 spiro atoms. The van der Waals surface area contributed by atoms with E-state index in [-0.39, 0.29) is 29.4 Å². The average molecular weight is 352 g/mol. The van der Waals surface area contributed by atoms with Crippen molar-refractivity contribution in [2.24, 2.45) is 0 Å². The molecule has 0 aliphatic carbocycles. The van der Waals surface area contributed by atoms with Crippen LogP contribution in [0.5, 0.6) is 0 Å². The lowest BCUT2D eigenvalue weighted by Crippen LogP contribution is -2.45. The summed E-state index contributed by atoms with van der Waals surface area (Å²) < 4.78 is 0. The molecule has 2 heterocycles. The SMILES string of the molecule is C=CC[C@@H]1CC=C[C@@H](c2ccccc2)N1C(=O)CCC1(C)CCC(=O)N1. The van der Waals surface area contributed by atoms with Crippen molar-refractivity contribution < 1.29 is 9.59 Å². The number of carbonyl (C=O) groups excluding carboxylic acids is 2. The summed E-state index contributed by atoms with van der Waals surface area (Å²) in [5, 5.41) is 3.03. The molecule has 2 aliphatic rings. The molecule has 138 valence electrons. The van der Waals surface area contributed by atoms with Crippen LogP contribution in [0.1, 0.15) is 57.1 Å². The number of carbonyl (C=O) groups is 2. The van der Waals surface area contributed by atoms with Crippen molar-refractivity contribution in [1.29, 1.82) is 0 Å². The highest BCUT2D eigenvalue weighted by Crippen LogP contribution is 2.33. The fourth-order valence-corrected chi connectivity index (χ4v) is 4.03. The Morgan fingerprint density at radius 1 is 1.38 bits per heavy atom. The summed E-state index contributed by atoms with van der Waals surface area (Å²) in [7, 11) is 0. The molecular weight excluding hydrogens is 324 g/mol.